The van der Waals surface area contributed by atoms with Gasteiger partial charge in [0.15, 0.2) is 17.5 Å². The highest BCUT2D eigenvalue weighted by Gasteiger charge is 2.19. The van der Waals surface area contributed by atoms with Crippen molar-refractivity contribution in [3.8, 4) is 51.0 Å². The predicted octanol–water partition coefficient (Wildman–Crippen LogP) is 12.7. The highest BCUT2D eigenvalue weighted by atomic mass is 16.3. The predicted molar refractivity (Wildman–Crippen MR) is 221 cm³/mol. The quantitative estimate of drug-likeness (QED) is 0.180. The van der Waals surface area contributed by atoms with E-state index in [1.54, 1.807) is 0 Å². The molecule has 0 spiro atoms. The smallest absolute Gasteiger partial charge is 0.167 e. The first-order valence-corrected chi connectivity index (χ1v) is 18.1. The van der Waals surface area contributed by atoms with E-state index in [4.69, 9.17) is 19.4 Å². The molecule has 5 nitrogen and oxygen atoms in total. The summed E-state index contributed by atoms with van der Waals surface area (Å²) in [7, 11) is 0. The lowest BCUT2D eigenvalue weighted by Crippen LogP contribution is -2.00. The van der Waals surface area contributed by atoms with Gasteiger partial charge in [-0.15, -0.1) is 0 Å². The summed E-state index contributed by atoms with van der Waals surface area (Å²) in [4.78, 5) is 14.8. The monoisotopic (exact) mass is 690 g/mol. The Morgan fingerprint density at radius 1 is 0.370 bits per heavy atom. The van der Waals surface area contributed by atoms with Crippen molar-refractivity contribution in [1.29, 1.82) is 0 Å². The maximum Gasteiger partial charge on any atom is 0.167 e. The summed E-state index contributed by atoms with van der Waals surface area (Å²) < 4.78 is 9.07. The minimum atomic E-state index is 0.571. The van der Waals surface area contributed by atoms with E-state index in [9.17, 15) is 0 Å². The average molecular weight is 691 g/mol. The molecule has 11 rings (SSSR count). The van der Waals surface area contributed by atoms with Gasteiger partial charge >= 0.3 is 0 Å². The van der Waals surface area contributed by atoms with Crippen molar-refractivity contribution in [3.05, 3.63) is 182 Å². The van der Waals surface area contributed by atoms with E-state index in [1.807, 2.05) is 72.8 Å². The third kappa shape index (κ3) is 4.90. The second-order valence-corrected chi connectivity index (χ2v) is 13.6. The van der Waals surface area contributed by atoms with Crippen molar-refractivity contribution < 1.29 is 4.42 Å². The largest absolute Gasteiger partial charge is 0.455 e. The molecule has 0 atom stereocenters. The molecule has 3 heterocycles. The standard InChI is InChI=1S/C49H30N4O/c1-3-12-32(13-4-1)47-50-48(33-14-5-2-6-15-33)52-49(51-47)41-20-11-19-40-39-27-24-36(30-45(39)54-46(40)41)31-22-25-37(26-23-31)53-43-21-10-9-18-38(43)42-28-34-16-7-8-17-35(34)29-44(42)53/h1-30H. The number of aromatic nitrogens is 4. The van der Waals surface area contributed by atoms with Crippen LogP contribution in [0.15, 0.2) is 186 Å². The second kappa shape index (κ2) is 12.1. The molecule has 8 aromatic carbocycles. The minimum Gasteiger partial charge on any atom is -0.455 e. The van der Waals surface area contributed by atoms with Crippen LogP contribution in [0.3, 0.4) is 0 Å². The molecule has 0 radical (unpaired) electrons. The maximum atomic E-state index is 6.70. The molecule has 3 aromatic heterocycles. The van der Waals surface area contributed by atoms with Crippen LogP contribution in [0.2, 0.25) is 0 Å². The summed E-state index contributed by atoms with van der Waals surface area (Å²) >= 11 is 0. The van der Waals surface area contributed by atoms with E-state index in [-0.39, 0.29) is 0 Å². The topological polar surface area (TPSA) is 56.7 Å². The van der Waals surface area contributed by atoms with Gasteiger partial charge in [0.25, 0.3) is 0 Å². The van der Waals surface area contributed by atoms with Gasteiger partial charge in [0, 0.05) is 38.4 Å². The van der Waals surface area contributed by atoms with E-state index < -0.39 is 0 Å². The molecule has 0 amide bonds. The fourth-order valence-electron chi connectivity index (χ4n) is 7.82. The zero-order valence-electron chi connectivity index (χ0n) is 29.0. The molecular weight excluding hydrogens is 661 g/mol. The lowest BCUT2D eigenvalue weighted by atomic mass is 10.0. The van der Waals surface area contributed by atoms with Crippen molar-refractivity contribution >= 4 is 54.5 Å². The molecule has 0 saturated carbocycles. The Balaban J connectivity index is 1.01. The van der Waals surface area contributed by atoms with E-state index in [2.05, 4.69) is 114 Å². The first-order chi connectivity index (χ1) is 26.7. The molecule has 0 N–H and O–H groups in total. The molecule has 0 aliphatic heterocycles. The fraction of sp³-hybridized carbons (Fsp3) is 0. The molecule has 0 unspecified atom stereocenters. The van der Waals surface area contributed by atoms with Crippen LogP contribution < -0.4 is 0 Å². The molecule has 252 valence electrons. The van der Waals surface area contributed by atoms with Crippen LogP contribution in [-0.2, 0) is 0 Å². The van der Waals surface area contributed by atoms with Crippen LogP contribution in [0.1, 0.15) is 0 Å². The van der Waals surface area contributed by atoms with Crippen LogP contribution in [-0.4, -0.2) is 19.5 Å². The van der Waals surface area contributed by atoms with E-state index in [0.29, 0.717) is 17.5 Å². The summed E-state index contributed by atoms with van der Waals surface area (Å²) in [6, 6.07) is 63.4. The SMILES string of the molecule is c1ccc(-c2nc(-c3ccccc3)nc(-c3cccc4c3oc3cc(-c5ccc(-n6c7ccccc7c7cc8ccccc8cc76)cc5)ccc34)n2)cc1. The van der Waals surface area contributed by atoms with Crippen molar-refractivity contribution in [2.45, 2.75) is 0 Å². The summed E-state index contributed by atoms with van der Waals surface area (Å²) in [6.45, 7) is 0. The van der Waals surface area contributed by atoms with Gasteiger partial charge in [-0.05, 0) is 70.4 Å². The van der Waals surface area contributed by atoms with Gasteiger partial charge in [-0.3, -0.25) is 0 Å². The molecule has 5 heteroatoms. The Kier molecular flexibility index (Phi) is 6.79. The number of benzene rings is 8. The second-order valence-electron chi connectivity index (χ2n) is 13.6. The molecule has 0 aliphatic carbocycles. The van der Waals surface area contributed by atoms with E-state index >= 15 is 0 Å². The maximum absolute atomic E-state index is 6.70. The van der Waals surface area contributed by atoms with Gasteiger partial charge in [-0.2, -0.15) is 0 Å². The van der Waals surface area contributed by atoms with Crippen LogP contribution in [0.5, 0.6) is 0 Å². The number of fused-ring (bicyclic) bond motifs is 7. The fourth-order valence-corrected chi connectivity index (χ4v) is 7.82. The molecule has 0 fully saturated rings. The van der Waals surface area contributed by atoms with Crippen molar-refractivity contribution in [3.63, 3.8) is 0 Å². The Bertz CT molecular complexity index is 3140. The van der Waals surface area contributed by atoms with Gasteiger partial charge < -0.3 is 8.98 Å². The Labute approximate surface area is 310 Å². The van der Waals surface area contributed by atoms with Crippen molar-refractivity contribution in [1.82, 2.24) is 19.5 Å². The van der Waals surface area contributed by atoms with Crippen LogP contribution in [0, 0.1) is 0 Å². The lowest BCUT2D eigenvalue weighted by molar-refractivity contribution is 0.669. The number of hydrogen-bond donors (Lipinski definition) is 0. The highest BCUT2D eigenvalue weighted by Crippen LogP contribution is 2.39. The Morgan fingerprint density at radius 3 is 1.72 bits per heavy atom. The van der Waals surface area contributed by atoms with Crippen LogP contribution >= 0.6 is 0 Å². The zero-order chi connectivity index (χ0) is 35.6. The van der Waals surface area contributed by atoms with Crippen molar-refractivity contribution in [2.75, 3.05) is 0 Å². The van der Waals surface area contributed by atoms with Gasteiger partial charge in [-0.25, -0.2) is 15.0 Å². The summed E-state index contributed by atoms with van der Waals surface area (Å²) in [5, 5.41) is 7.06. The third-order valence-corrected chi connectivity index (χ3v) is 10.4. The Morgan fingerprint density at radius 2 is 0.981 bits per heavy atom. The van der Waals surface area contributed by atoms with E-state index in [0.717, 1.165) is 55.4 Å². The third-order valence-electron chi connectivity index (χ3n) is 10.4. The molecule has 0 aliphatic rings. The minimum absolute atomic E-state index is 0.571. The lowest BCUT2D eigenvalue weighted by Gasteiger charge is -2.10. The average Bonchev–Trinajstić information content (AvgIpc) is 3.78. The van der Waals surface area contributed by atoms with Gasteiger partial charge in [-0.1, -0.05) is 133 Å². The first-order valence-electron chi connectivity index (χ1n) is 18.1. The van der Waals surface area contributed by atoms with Gasteiger partial charge in [0.1, 0.15) is 11.2 Å². The highest BCUT2D eigenvalue weighted by molar-refractivity contribution is 6.14. The molecule has 0 saturated heterocycles. The summed E-state index contributed by atoms with van der Waals surface area (Å²) in [6.07, 6.45) is 0. The van der Waals surface area contributed by atoms with E-state index in [1.165, 1.54) is 32.6 Å². The first kappa shape index (κ1) is 30.3. The number of rotatable bonds is 5. The zero-order valence-corrected chi connectivity index (χ0v) is 29.0. The molecule has 0 bridgehead atoms. The van der Waals surface area contributed by atoms with Crippen LogP contribution in [0.4, 0.5) is 0 Å². The van der Waals surface area contributed by atoms with Crippen LogP contribution in [0.25, 0.3) is 105 Å². The normalized spacial score (nSPS) is 11.7. The van der Waals surface area contributed by atoms with Gasteiger partial charge in [0.2, 0.25) is 0 Å². The molecule has 54 heavy (non-hydrogen) atoms. The molecule has 11 aromatic rings. The van der Waals surface area contributed by atoms with Crippen molar-refractivity contribution in [2.24, 2.45) is 0 Å². The summed E-state index contributed by atoms with van der Waals surface area (Å²) in [5.74, 6) is 1.81. The molecular formula is C49H30N4O. The Hall–Kier alpha value is -7.37. The number of para-hydroxylation sites is 2. The number of nitrogens with zero attached hydrogens (tertiary/aromatic N) is 4. The number of furan rings is 1. The van der Waals surface area contributed by atoms with Gasteiger partial charge in [0.05, 0.1) is 16.6 Å². The number of hydrogen-bond acceptors (Lipinski definition) is 4. The summed E-state index contributed by atoms with van der Waals surface area (Å²) in [5.41, 5.74) is 9.96.